The molecule has 1 aliphatic carbocycles. The molecule has 1 aromatic rings. The van der Waals surface area contributed by atoms with Crippen LogP contribution in [-0.4, -0.2) is 6.10 Å². The van der Waals surface area contributed by atoms with Crippen LogP contribution in [0.2, 0.25) is 0 Å². The van der Waals surface area contributed by atoms with E-state index in [9.17, 15) is 0 Å². The molecule has 3 rings (SSSR count). The molecular weight excluding hydrogens is 256 g/mol. The minimum absolute atomic E-state index is 0.334. The summed E-state index contributed by atoms with van der Waals surface area (Å²) in [4.78, 5) is 0. The predicted octanol–water partition coefficient (Wildman–Crippen LogP) is 5.88. The molecule has 0 aromatic heterocycles. The van der Waals surface area contributed by atoms with E-state index in [1.54, 1.807) is 0 Å². The van der Waals surface area contributed by atoms with E-state index in [0.29, 0.717) is 6.10 Å². The zero-order valence-electron chi connectivity index (χ0n) is 13.2. The molecular formula is C20H28O. The smallest absolute Gasteiger partial charge is 0.0832 e. The molecule has 1 heteroatoms. The van der Waals surface area contributed by atoms with Crippen LogP contribution in [0.1, 0.15) is 75.3 Å². The van der Waals surface area contributed by atoms with Crippen LogP contribution >= 0.6 is 0 Å². The minimum Gasteiger partial charge on any atom is -0.369 e. The summed E-state index contributed by atoms with van der Waals surface area (Å²) < 4.78 is 6.18. The lowest BCUT2D eigenvalue weighted by Gasteiger charge is -2.28. The lowest BCUT2D eigenvalue weighted by Crippen LogP contribution is -2.21. The summed E-state index contributed by atoms with van der Waals surface area (Å²) in [7, 11) is 0. The van der Waals surface area contributed by atoms with E-state index < -0.39 is 0 Å². The summed E-state index contributed by atoms with van der Waals surface area (Å²) in [6.07, 6.45) is 16.3. The van der Waals surface area contributed by atoms with E-state index in [1.807, 2.05) is 0 Å². The van der Waals surface area contributed by atoms with Gasteiger partial charge in [0.05, 0.1) is 12.7 Å². The molecule has 1 unspecified atom stereocenters. The van der Waals surface area contributed by atoms with Crippen molar-refractivity contribution in [3.8, 4) is 0 Å². The van der Waals surface area contributed by atoms with Gasteiger partial charge in [-0.1, -0.05) is 75.3 Å². The first-order chi connectivity index (χ1) is 10.4. The van der Waals surface area contributed by atoms with Crippen LogP contribution in [-0.2, 0) is 11.3 Å². The van der Waals surface area contributed by atoms with E-state index >= 15 is 0 Å². The summed E-state index contributed by atoms with van der Waals surface area (Å²) in [6.45, 7) is 0.790. The van der Waals surface area contributed by atoms with Crippen molar-refractivity contribution in [1.82, 2.24) is 0 Å². The molecule has 0 fully saturated rings. The second-order valence-electron chi connectivity index (χ2n) is 6.52. The van der Waals surface area contributed by atoms with Crippen molar-refractivity contribution in [2.45, 2.75) is 76.9 Å². The molecule has 1 nitrogen and oxygen atoms in total. The number of allylic oxidation sites excluding steroid dienone is 1. The third-order valence-electron chi connectivity index (χ3n) is 4.90. The molecule has 0 amide bonds. The molecule has 0 N–H and O–H groups in total. The number of benzene rings is 1. The van der Waals surface area contributed by atoms with Gasteiger partial charge < -0.3 is 4.74 Å². The number of ether oxygens (including phenoxy) is 1. The van der Waals surface area contributed by atoms with Gasteiger partial charge in [0.1, 0.15) is 0 Å². The fourth-order valence-electron chi connectivity index (χ4n) is 3.65. The van der Waals surface area contributed by atoms with Gasteiger partial charge in [0.25, 0.3) is 0 Å². The molecule has 0 saturated heterocycles. The molecule has 21 heavy (non-hydrogen) atoms. The van der Waals surface area contributed by atoms with Crippen LogP contribution in [0.25, 0.3) is 5.57 Å². The van der Waals surface area contributed by atoms with Gasteiger partial charge in [-0.15, -0.1) is 0 Å². The van der Waals surface area contributed by atoms with Crippen LogP contribution in [0.4, 0.5) is 0 Å². The van der Waals surface area contributed by atoms with Crippen molar-refractivity contribution >= 4 is 5.57 Å². The van der Waals surface area contributed by atoms with Crippen LogP contribution in [0.3, 0.4) is 0 Å². The maximum Gasteiger partial charge on any atom is 0.0832 e. The summed E-state index contributed by atoms with van der Waals surface area (Å²) in [5.74, 6) is 0. The first kappa shape index (κ1) is 14.8. The Balaban J connectivity index is 1.78. The number of hydrogen-bond acceptors (Lipinski definition) is 1. The Morgan fingerprint density at radius 2 is 1.52 bits per heavy atom. The Hall–Kier alpha value is -1.08. The monoisotopic (exact) mass is 284 g/mol. The van der Waals surface area contributed by atoms with Crippen molar-refractivity contribution in [3.63, 3.8) is 0 Å². The van der Waals surface area contributed by atoms with Gasteiger partial charge in [0.15, 0.2) is 0 Å². The van der Waals surface area contributed by atoms with Crippen LogP contribution in [0.15, 0.2) is 30.3 Å². The van der Waals surface area contributed by atoms with E-state index in [4.69, 9.17) is 4.74 Å². The fraction of sp³-hybridized carbons (Fsp3) is 0.600. The molecule has 1 aromatic carbocycles. The maximum atomic E-state index is 6.18. The lowest BCUT2D eigenvalue weighted by molar-refractivity contribution is 0.0640. The Labute approximate surface area is 129 Å². The van der Waals surface area contributed by atoms with Crippen molar-refractivity contribution in [2.75, 3.05) is 0 Å². The molecule has 114 valence electrons. The SMILES string of the molecule is C1=C2\c3ccccc3COC2CCCCCCCCCC/1. The quantitative estimate of drug-likeness (QED) is 0.577. The average Bonchev–Trinajstić information content (AvgIpc) is 2.55. The molecule has 1 heterocycles. The highest BCUT2D eigenvalue weighted by Gasteiger charge is 2.23. The lowest BCUT2D eigenvalue weighted by atomic mass is 9.89. The predicted molar refractivity (Wildman–Crippen MR) is 89.2 cm³/mol. The molecule has 1 aliphatic heterocycles. The molecule has 0 saturated carbocycles. The van der Waals surface area contributed by atoms with Crippen molar-refractivity contribution < 1.29 is 4.74 Å². The van der Waals surface area contributed by atoms with Crippen LogP contribution < -0.4 is 0 Å². The van der Waals surface area contributed by atoms with Crippen LogP contribution in [0, 0.1) is 0 Å². The summed E-state index contributed by atoms with van der Waals surface area (Å²) in [6, 6.07) is 8.80. The summed E-state index contributed by atoms with van der Waals surface area (Å²) in [5.41, 5.74) is 4.28. The average molecular weight is 284 g/mol. The van der Waals surface area contributed by atoms with Crippen molar-refractivity contribution in [2.24, 2.45) is 0 Å². The number of hydrogen-bond donors (Lipinski definition) is 0. The van der Waals surface area contributed by atoms with Crippen molar-refractivity contribution in [1.29, 1.82) is 0 Å². The zero-order chi connectivity index (χ0) is 14.3. The van der Waals surface area contributed by atoms with E-state index in [1.165, 1.54) is 80.9 Å². The molecule has 0 radical (unpaired) electrons. The van der Waals surface area contributed by atoms with Gasteiger partial charge in [-0.25, -0.2) is 0 Å². The Bertz CT molecular complexity index is 474. The van der Waals surface area contributed by atoms with Gasteiger partial charge in [-0.2, -0.15) is 0 Å². The normalized spacial score (nSPS) is 27.0. The molecule has 0 spiro atoms. The Kier molecular flexibility index (Phi) is 5.51. The van der Waals surface area contributed by atoms with E-state index in [2.05, 4.69) is 30.3 Å². The summed E-state index contributed by atoms with van der Waals surface area (Å²) in [5, 5.41) is 0. The van der Waals surface area contributed by atoms with E-state index in [0.717, 1.165) is 6.61 Å². The van der Waals surface area contributed by atoms with Gasteiger partial charge >= 0.3 is 0 Å². The highest BCUT2D eigenvalue weighted by Crippen LogP contribution is 2.34. The topological polar surface area (TPSA) is 9.23 Å². The second kappa shape index (κ2) is 7.79. The number of fused-ring (bicyclic) bond motifs is 3. The Morgan fingerprint density at radius 3 is 2.38 bits per heavy atom. The molecule has 1 atom stereocenters. The third kappa shape index (κ3) is 3.97. The Morgan fingerprint density at radius 1 is 0.810 bits per heavy atom. The molecule has 2 aliphatic rings. The standard InChI is InChI=1S/C20H28O/c1-2-4-6-8-14-19-18-13-11-10-12-17(18)16-21-20(19)15-9-7-5-3-1/h10-14,20H,1-9,15-16H2/b19-14+. The maximum absolute atomic E-state index is 6.18. The molecule has 0 bridgehead atoms. The third-order valence-corrected chi connectivity index (χ3v) is 4.90. The minimum atomic E-state index is 0.334. The van der Waals surface area contributed by atoms with E-state index in [-0.39, 0.29) is 0 Å². The van der Waals surface area contributed by atoms with Crippen LogP contribution in [0.5, 0.6) is 0 Å². The number of rotatable bonds is 0. The largest absolute Gasteiger partial charge is 0.369 e. The van der Waals surface area contributed by atoms with Crippen molar-refractivity contribution in [3.05, 3.63) is 41.5 Å². The first-order valence-electron chi connectivity index (χ1n) is 8.85. The summed E-state index contributed by atoms with van der Waals surface area (Å²) >= 11 is 0. The fourth-order valence-corrected chi connectivity index (χ4v) is 3.65. The van der Waals surface area contributed by atoms with Gasteiger partial charge in [0, 0.05) is 0 Å². The first-order valence-corrected chi connectivity index (χ1v) is 8.85. The highest BCUT2D eigenvalue weighted by molar-refractivity contribution is 5.72. The zero-order valence-corrected chi connectivity index (χ0v) is 13.2. The van der Waals surface area contributed by atoms with Gasteiger partial charge in [-0.05, 0) is 36.0 Å². The second-order valence-corrected chi connectivity index (χ2v) is 6.52. The highest BCUT2D eigenvalue weighted by atomic mass is 16.5. The van der Waals surface area contributed by atoms with Gasteiger partial charge in [-0.3, -0.25) is 0 Å². The van der Waals surface area contributed by atoms with Gasteiger partial charge in [0.2, 0.25) is 0 Å².